The third kappa shape index (κ3) is 4.56. The summed E-state index contributed by atoms with van der Waals surface area (Å²) in [7, 11) is 0. The van der Waals surface area contributed by atoms with Gasteiger partial charge in [0.15, 0.2) is 5.82 Å². The highest BCUT2D eigenvalue weighted by atomic mass is 19.4. The Morgan fingerprint density at radius 1 is 1.22 bits per heavy atom. The highest BCUT2D eigenvalue weighted by Gasteiger charge is 2.48. The summed E-state index contributed by atoms with van der Waals surface area (Å²) in [4.78, 5) is 44.0. The zero-order valence-corrected chi connectivity index (χ0v) is 20.5. The first-order valence-corrected chi connectivity index (χ1v) is 11.3. The highest BCUT2D eigenvalue weighted by molar-refractivity contribution is 6.03. The molecule has 1 fully saturated rings. The van der Waals surface area contributed by atoms with Gasteiger partial charge >= 0.3 is 12.1 Å². The third-order valence-corrected chi connectivity index (χ3v) is 6.34. The average Bonchev–Trinajstić information content (AvgIpc) is 3.21. The van der Waals surface area contributed by atoms with Crippen LogP contribution < -0.4 is 10.6 Å². The van der Waals surface area contributed by atoms with E-state index in [9.17, 15) is 27.6 Å². The maximum absolute atomic E-state index is 13.8. The standard InChI is InChI=1S/C24H25F3N6O4/c1-13(34)31-10-17(11-37-14(2)35)32(22(36)23(31,3)4)16-7-5-6-15(8-16)19-9-18(24(25,26)27)20-21(28)29-12-30-33(19)20/h5-9,12,17H,10-11H2,1-4H3,(H2,28,29,30). The summed E-state index contributed by atoms with van der Waals surface area (Å²) in [6.45, 7) is 5.68. The van der Waals surface area contributed by atoms with Crippen LogP contribution in [0.1, 0.15) is 33.3 Å². The van der Waals surface area contributed by atoms with Crippen molar-refractivity contribution in [3.8, 4) is 11.3 Å². The predicted octanol–water partition coefficient (Wildman–Crippen LogP) is 2.90. The number of amides is 2. The molecular weight excluding hydrogens is 493 g/mol. The number of hydrogen-bond acceptors (Lipinski definition) is 7. The van der Waals surface area contributed by atoms with Crippen LogP contribution in [0, 0.1) is 0 Å². The number of rotatable bonds is 4. The van der Waals surface area contributed by atoms with E-state index in [1.54, 1.807) is 38.1 Å². The smallest absolute Gasteiger partial charge is 0.418 e. The lowest BCUT2D eigenvalue weighted by Gasteiger charge is -2.49. The molecule has 0 radical (unpaired) electrons. The maximum Gasteiger partial charge on any atom is 0.418 e. The molecule has 196 valence electrons. The van der Waals surface area contributed by atoms with Gasteiger partial charge in [0.2, 0.25) is 5.91 Å². The summed E-state index contributed by atoms with van der Waals surface area (Å²) in [6, 6.07) is 6.52. The fourth-order valence-corrected chi connectivity index (χ4v) is 4.59. The van der Waals surface area contributed by atoms with Crippen LogP contribution in [0.5, 0.6) is 0 Å². The van der Waals surface area contributed by atoms with Crippen LogP contribution in [0.25, 0.3) is 16.8 Å². The van der Waals surface area contributed by atoms with Crippen molar-refractivity contribution in [3.05, 3.63) is 42.2 Å². The fourth-order valence-electron chi connectivity index (χ4n) is 4.59. The van der Waals surface area contributed by atoms with Crippen LogP contribution in [-0.2, 0) is 25.3 Å². The van der Waals surface area contributed by atoms with Gasteiger partial charge in [-0.2, -0.15) is 18.3 Å². The third-order valence-electron chi connectivity index (χ3n) is 6.34. The van der Waals surface area contributed by atoms with E-state index in [1.165, 1.54) is 23.6 Å². The average molecular weight is 518 g/mol. The lowest BCUT2D eigenvalue weighted by molar-refractivity contribution is -0.150. The van der Waals surface area contributed by atoms with Gasteiger partial charge in [0.05, 0.1) is 17.3 Å². The number of hydrogen-bond donors (Lipinski definition) is 1. The van der Waals surface area contributed by atoms with Crippen LogP contribution in [0.3, 0.4) is 0 Å². The van der Waals surface area contributed by atoms with E-state index in [4.69, 9.17) is 10.5 Å². The molecule has 1 aliphatic rings. The Kier molecular flexibility index (Phi) is 6.34. The Labute approximate surface area is 209 Å². The van der Waals surface area contributed by atoms with Gasteiger partial charge < -0.3 is 20.3 Å². The second kappa shape index (κ2) is 9.05. The Morgan fingerprint density at radius 2 is 1.92 bits per heavy atom. The Balaban J connectivity index is 1.85. The molecule has 1 aromatic carbocycles. The monoisotopic (exact) mass is 518 g/mol. The number of alkyl halides is 3. The Bertz CT molecular complexity index is 1400. The zero-order valence-electron chi connectivity index (χ0n) is 20.5. The van der Waals surface area contributed by atoms with Gasteiger partial charge in [-0.1, -0.05) is 12.1 Å². The number of halogens is 3. The van der Waals surface area contributed by atoms with Crippen molar-refractivity contribution in [3.63, 3.8) is 0 Å². The number of benzene rings is 1. The summed E-state index contributed by atoms with van der Waals surface area (Å²) < 4.78 is 47.6. The molecular formula is C24H25F3N6O4. The number of fused-ring (bicyclic) bond motifs is 1. The molecule has 13 heteroatoms. The number of carbonyl (C=O) groups excluding carboxylic acids is 3. The second-order valence-electron chi connectivity index (χ2n) is 9.22. The molecule has 3 aromatic rings. The van der Waals surface area contributed by atoms with E-state index in [0.717, 1.165) is 16.9 Å². The highest BCUT2D eigenvalue weighted by Crippen LogP contribution is 2.40. The van der Waals surface area contributed by atoms with Gasteiger partial charge in [0.1, 0.15) is 24.0 Å². The molecule has 2 N–H and O–H groups in total. The molecule has 4 rings (SSSR count). The number of esters is 1. The number of aromatic nitrogens is 3. The van der Waals surface area contributed by atoms with Crippen LogP contribution in [0.2, 0.25) is 0 Å². The first kappa shape index (κ1) is 25.9. The van der Waals surface area contributed by atoms with Crippen LogP contribution in [-0.4, -0.2) is 62.0 Å². The van der Waals surface area contributed by atoms with Gasteiger partial charge in [-0.25, -0.2) is 9.50 Å². The van der Waals surface area contributed by atoms with Crippen molar-refractivity contribution in [2.45, 2.75) is 45.5 Å². The van der Waals surface area contributed by atoms with E-state index in [1.807, 2.05) is 0 Å². The summed E-state index contributed by atoms with van der Waals surface area (Å²) >= 11 is 0. The van der Waals surface area contributed by atoms with Crippen molar-refractivity contribution >= 4 is 34.8 Å². The Morgan fingerprint density at radius 3 is 2.54 bits per heavy atom. The number of nitrogens with zero attached hydrogens (tertiary/aromatic N) is 5. The minimum atomic E-state index is -4.71. The summed E-state index contributed by atoms with van der Waals surface area (Å²) in [5.74, 6) is -1.65. The van der Waals surface area contributed by atoms with Crippen LogP contribution in [0.15, 0.2) is 36.7 Å². The van der Waals surface area contributed by atoms with E-state index in [-0.39, 0.29) is 36.1 Å². The van der Waals surface area contributed by atoms with Crippen molar-refractivity contribution in [1.29, 1.82) is 0 Å². The minimum absolute atomic E-state index is 0.0849. The summed E-state index contributed by atoms with van der Waals surface area (Å²) in [5, 5.41) is 3.97. The topological polar surface area (TPSA) is 123 Å². The molecule has 0 aliphatic carbocycles. The molecule has 0 bridgehead atoms. The normalized spacial score (nSPS) is 17.8. The molecule has 0 spiro atoms. The maximum atomic E-state index is 13.8. The molecule has 3 heterocycles. The molecule has 2 aromatic heterocycles. The molecule has 2 amide bonds. The van der Waals surface area contributed by atoms with Crippen LogP contribution >= 0.6 is 0 Å². The van der Waals surface area contributed by atoms with E-state index >= 15 is 0 Å². The molecule has 0 saturated carbocycles. The van der Waals surface area contributed by atoms with Crippen molar-refractivity contribution in [2.24, 2.45) is 0 Å². The first-order valence-electron chi connectivity index (χ1n) is 11.3. The van der Waals surface area contributed by atoms with Gasteiger partial charge in [0, 0.05) is 31.6 Å². The van der Waals surface area contributed by atoms with Gasteiger partial charge in [-0.3, -0.25) is 14.4 Å². The SMILES string of the molecule is CC(=O)OCC1CN(C(C)=O)C(C)(C)C(=O)N1c1cccc(-c2cc(C(F)(F)F)c3c(N)ncnn23)c1. The lowest BCUT2D eigenvalue weighted by atomic mass is 9.93. The predicted molar refractivity (Wildman–Crippen MR) is 127 cm³/mol. The Hall–Kier alpha value is -4.16. The number of ether oxygens (including phenoxy) is 1. The first-order chi connectivity index (χ1) is 17.2. The summed E-state index contributed by atoms with van der Waals surface area (Å²) in [6.07, 6.45) is -3.66. The quantitative estimate of drug-likeness (QED) is 0.527. The molecule has 10 nitrogen and oxygen atoms in total. The number of nitrogen functional groups attached to an aromatic ring is 1. The number of nitrogens with two attached hydrogens (primary N) is 1. The molecule has 37 heavy (non-hydrogen) atoms. The second-order valence-corrected chi connectivity index (χ2v) is 9.22. The van der Waals surface area contributed by atoms with Crippen molar-refractivity contribution in [2.75, 3.05) is 23.8 Å². The molecule has 1 atom stereocenters. The van der Waals surface area contributed by atoms with E-state index in [0.29, 0.717) is 11.3 Å². The number of anilines is 2. The number of carbonyl (C=O) groups is 3. The van der Waals surface area contributed by atoms with E-state index in [2.05, 4.69) is 10.1 Å². The largest absolute Gasteiger partial charge is 0.464 e. The van der Waals surface area contributed by atoms with Crippen molar-refractivity contribution in [1.82, 2.24) is 19.5 Å². The van der Waals surface area contributed by atoms with Gasteiger partial charge in [-0.15, -0.1) is 0 Å². The minimum Gasteiger partial charge on any atom is -0.464 e. The van der Waals surface area contributed by atoms with Crippen molar-refractivity contribution < 1.29 is 32.3 Å². The zero-order chi connectivity index (χ0) is 27.3. The molecule has 1 aliphatic heterocycles. The van der Waals surface area contributed by atoms with E-state index < -0.39 is 35.2 Å². The molecule has 1 unspecified atom stereocenters. The molecule has 1 saturated heterocycles. The van der Waals surface area contributed by atoms with Gasteiger partial charge in [0.25, 0.3) is 5.91 Å². The lowest BCUT2D eigenvalue weighted by Crippen LogP contribution is -2.69. The van der Waals surface area contributed by atoms with Crippen LogP contribution in [0.4, 0.5) is 24.7 Å². The summed E-state index contributed by atoms with van der Waals surface area (Å²) in [5.41, 5.74) is 3.92. The number of piperazine rings is 1. The van der Waals surface area contributed by atoms with Gasteiger partial charge in [-0.05, 0) is 32.0 Å². The fraction of sp³-hybridized carbons (Fsp3) is 0.375.